The van der Waals surface area contributed by atoms with Crippen molar-refractivity contribution in [1.29, 1.82) is 0 Å². The van der Waals surface area contributed by atoms with E-state index in [-0.39, 0.29) is 30.8 Å². The SMILES string of the molecule is Cc1cccc(N(CCCC(=O)N(CCc2ccccc2)C(C)C(=O)NC2CCCCC2)S(C)(=O)=O)c1. The summed E-state index contributed by atoms with van der Waals surface area (Å²) in [5.41, 5.74) is 2.66. The third-order valence-corrected chi connectivity index (χ3v) is 8.24. The first-order chi connectivity index (χ1) is 17.6. The molecule has 1 atom stereocenters. The quantitative estimate of drug-likeness (QED) is 0.442. The number of aryl methyl sites for hydroxylation is 1. The number of nitrogens with zero attached hydrogens (tertiary/aromatic N) is 2. The number of rotatable bonds is 12. The Hall–Kier alpha value is -2.87. The Bertz CT molecular complexity index is 1130. The van der Waals surface area contributed by atoms with E-state index in [0.29, 0.717) is 25.1 Å². The minimum Gasteiger partial charge on any atom is -0.352 e. The van der Waals surface area contributed by atoms with E-state index in [1.54, 1.807) is 17.9 Å². The number of hydrogen-bond acceptors (Lipinski definition) is 4. The van der Waals surface area contributed by atoms with Crippen LogP contribution in [0.1, 0.15) is 63.0 Å². The number of nitrogens with one attached hydrogen (secondary N) is 1. The first kappa shape index (κ1) is 28.7. The minimum atomic E-state index is -3.50. The van der Waals surface area contributed by atoms with Gasteiger partial charge in [-0.2, -0.15) is 0 Å². The standard InChI is InChI=1S/C29H41N3O4S/c1-23-12-10-17-27(22-23)32(37(3,35)36)20-11-18-28(33)31(21-19-25-13-6-4-7-14-25)24(2)29(34)30-26-15-8-5-9-16-26/h4,6-7,10,12-14,17,22,24,26H,5,8-9,11,15-16,18-21H2,1-3H3,(H,30,34). The van der Waals surface area contributed by atoms with Crippen molar-refractivity contribution in [2.45, 2.75) is 77.3 Å². The fraction of sp³-hybridized carbons (Fsp3) is 0.517. The number of carbonyl (C=O) groups is 2. The van der Waals surface area contributed by atoms with E-state index >= 15 is 0 Å². The first-order valence-electron chi connectivity index (χ1n) is 13.3. The van der Waals surface area contributed by atoms with Gasteiger partial charge in [0.05, 0.1) is 11.9 Å². The van der Waals surface area contributed by atoms with Gasteiger partial charge in [0.2, 0.25) is 21.8 Å². The van der Waals surface area contributed by atoms with Crippen LogP contribution < -0.4 is 9.62 Å². The first-order valence-corrected chi connectivity index (χ1v) is 15.2. The maximum atomic E-state index is 13.4. The van der Waals surface area contributed by atoms with Gasteiger partial charge in [0.15, 0.2) is 0 Å². The van der Waals surface area contributed by atoms with Crippen molar-refractivity contribution >= 4 is 27.5 Å². The minimum absolute atomic E-state index is 0.120. The maximum absolute atomic E-state index is 13.4. The Morgan fingerprint density at radius 3 is 2.35 bits per heavy atom. The molecule has 0 spiro atoms. The summed E-state index contributed by atoms with van der Waals surface area (Å²) in [6, 6.07) is 16.8. The third kappa shape index (κ3) is 8.88. The van der Waals surface area contributed by atoms with Crippen LogP contribution in [-0.4, -0.2) is 56.6 Å². The lowest BCUT2D eigenvalue weighted by atomic mass is 9.95. The van der Waals surface area contributed by atoms with Gasteiger partial charge in [0, 0.05) is 25.6 Å². The third-order valence-electron chi connectivity index (χ3n) is 7.04. The Balaban J connectivity index is 1.67. The summed E-state index contributed by atoms with van der Waals surface area (Å²) in [7, 11) is -3.50. The number of benzene rings is 2. The highest BCUT2D eigenvalue weighted by molar-refractivity contribution is 7.92. The second kappa shape index (κ2) is 13.6. The molecule has 1 aliphatic rings. The molecule has 0 bridgehead atoms. The fourth-order valence-electron chi connectivity index (χ4n) is 4.93. The molecular weight excluding hydrogens is 486 g/mol. The van der Waals surface area contributed by atoms with Crippen molar-refractivity contribution in [2.75, 3.05) is 23.7 Å². The molecule has 1 unspecified atom stereocenters. The van der Waals surface area contributed by atoms with Crippen LogP contribution in [-0.2, 0) is 26.0 Å². The molecule has 1 fully saturated rings. The van der Waals surface area contributed by atoms with Crippen LogP contribution >= 0.6 is 0 Å². The Morgan fingerprint density at radius 1 is 1.00 bits per heavy atom. The van der Waals surface area contributed by atoms with Crippen molar-refractivity contribution in [3.63, 3.8) is 0 Å². The molecule has 0 aromatic heterocycles. The Labute approximate surface area is 222 Å². The highest BCUT2D eigenvalue weighted by Crippen LogP contribution is 2.21. The van der Waals surface area contributed by atoms with E-state index in [1.807, 2.05) is 55.5 Å². The van der Waals surface area contributed by atoms with E-state index in [0.717, 1.165) is 36.8 Å². The van der Waals surface area contributed by atoms with Gasteiger partial charge in [-0.15, -0.1) is 0 Å². The number of anilines is 1. The van der Waals surface area contributed by atoms with Crippen molar-refractivity contribution in [2.24, 2.45) is 0 Å². The van der Waals surface area contributed by atoms with Crippen molar-refractivity contribution < 1.29 is 18.0 Å². The molecule has 7 nitrogen and oxygen atoms in total. The van der Waals surface area contributed by atoms with E-state index < -0.39 is 16.1 Å². The molecule has 1 N–H and O–H groups in total. The molecule has 202 valence electrons. The summed E-state index contributed by atoms with van der Waals surface area (Å²) in [4.78, 5) is 28.2. The predicted octanol–water partition coefficient (Wildman–Crippen LogP) is 4.45. The zero-order valence-electron chi connectivity index (χ0n) is 22.4. The summed E-state index contributed by atoms with van der Waals surface area (Å²) in [6.07, 6.45) is 7.76. The van der Waals surface area contributed by atoms with Gasteiger partial charge in [-0.1, -0.05) is 61.7 Å². The topological polar surface area (TPSA) is 86.8 Å². The average Bonchev–Trinajstić information content (AvgIpc) is 2.87. The summed E-state index contributed by atoms with van der Waals surface area (Å²) in [6.45, 7) is 4.33. The normalized spacial score (nSPS) is 15.1. The molecule has 2 amide bonds. The lowest BCUT2D eigenvalue weighted by Gasteiger charge is -2.31. The molecular formula is C29H41N3O4S. The van der Waals surface area contributed by atoms with Gasteiger partial charge in [-0.3, -0.25) is 13.9 Å². The highest BCUT2D eigenvalue weighted by atomic mass is 32.2. The molecule has 0 saturated heterocycles. The van der Waals surface area contributed by atoms with Gasteiger partial charge in [-0.25, -0.2) is 8.42 Å². The maximum Gasteiger partial charge on any atom is 0.242 e. The zero-order valence-corrected chi connectivity index (χ0v) is 23.2. The smallest absolute Gasteiger partial charge is 0.242 e. The number of amides is 2. The van der Waals surface area contributed by atoms with Crippen LogP contribution in [0.5, 0.6) is 0 Å². The molecule has 0 aliphatic heterocycles. The van der Waals surface area contributed by atoms with Crippen LogP contribution in [0, 0.1) is 6.92 Å². The molecule has 1 saturated carbocycles. The van der Waals surface area contributed by atoms with Gasteiger partial charge < -0.3 is 10.2 Å². The largest absolute Gasteiger partial charge is 0.352 e. The van der Waals surface area contributed by atoms with Gasteiger partial charge in [-0.05, 0) is 62.8 Å². The molecule has 3 rings (SSSR count). The summed E-state index contributed by atoms with van der Waals surface area (Å²) < 4.78 is 26.3. The second-order valence-corrected chi connectivity index (χ2v) is 12.0. The van der Waals surface area contributed by atoms with Crippen molar-refractivity contribution in [3.8, 4) is 0 Å². The van der Waals surface area contributed by atoms with E-state index in [2.05, 4.69) is 5.32 Å². The van der Waals surface area contributed by atoms with Crippen LogP contribution in [0.4, 0.5) is 5.69 Å². The van der Waals surface area contributed by atoms with E-state index in [9.17, 15) is 18.0 Å². The Kier molecular flexibility index (Phi) is 10.6. The Morgan fingerprint density at radius 2 is 1.70 bits per heavy atom. The summed E-state index contributed by atoms with van der Waals surface area (Å²) in [5.74, 6) is -0.259. The number of hydrogen-bond donors (Lipinski definition) is 1. The molecule has 1 aliphatic carbocycles. The van der Waals surface area contributed by atoms with Crippen LogP contribution in [0.15, 0.2) is 54.6 Å². The summed E-state index contributed by atoms with van der Waals surface area (Å²) >= 11 is 0. The lowest BCUT2D eigenvalue weighted by molar-refractivity contribution is -0.140. The second-order valence-electron chi connectivity index (χ2n) is 10.1. The average molecular weight is 528 g/mol. The van der Waals surface area contributed by atoms with Gasteiger partial charge in [0.25, 0.3) is 0 Å². The van der Waals surface area contributed by atoms with Gasteiger partial charge >= 0.3 is 0 Å². The molecule has 8 heteroatoms. The molecule has 2 aromatic rings. The van der Waals surface area contributed by atoms with Crippen LogP contribution in [0.25, 0.3) is 0 Å². The summed E-state index contributed by atoms with van der Waals surface area (Å²) in [5, 5.41) is 3.15. The fourth-order valence-corrected chi connectivity index (χ4v) is 5.88. The number of carbonyl (C=O) groups excluding carboxylic acids is 2. The highest BCUT2D eigenvalue weighted by Gasteiger charge is 2.28. The van der Waals surface area contributed by atoms with Gasteiger partial charge in [0.1, 0.15) is 6.04 Å². The predicted molar refractivity (Wildman–Crippen MR) is 149 cm³/mol. The van der Waals surface area contributed by atoms with Crippen LogP contribution in [0.3, 0.4) is 0 Å². The molecule has 0 heterocycles. The number of sulfonamides is 1. The monoisotopic (exact) mass is 527 g/mol. The molecule has 0 radical (unpaired) electrons. The van der Waals surface area contributed by atoms with Crippen LogP contribution in [0.2, 0.25) is 0 Å². The molecule has 37 heavy (non-hydrogen) atoms. The van der Waals surface area contributed by atoms with Crippen molar-refractivity contribution in [1.82, 2.24) is 10.2 Å². The van der Waals surface area contributed by atoms with E-state index in [1.165, 1.54) is 17.0 Å². The lowest BCUT2D eigenvalue weighted by Crippen LogP contribution is -2.51. The van der Waals surface area contributed by atoms with Crippen molar-refractivity contribution in [3.05, 3.63) is 65.7 Å². The van der Waals surface area contributed by atoms with E-state index in [4.69, 9.17) is 0 Å². The molecule has 2 aromatic carbocycles. The zero-order chi connectivity index (χ0) is 26.8.